The van der Waals surface area contributed by atoms with E-state index in [1.807, 2.05) is 18.4 Å². The maximum atomic E-state index is 13.8. The quantitative estimate of drug-likeness (QED) is 0.411. The normalized spacial score (nSPS) is 12.1. The third-order valence-corrected chi connectivity index (χ3v) is 6.02. The number of thiazole rings is 1. The van der Waals surface area contributed by atoms with Crippen LogP contribution in [0.4, 0.5) is 18.9 Å². The van der Waals surface area contributed by atoms with Crippen molar-refractivity contribution in [2.75, 3.05) is 11.6 Å². The van der Waals surface area contributed by atoms with Crippen LogP contribution in [0, 0.1) is 23.4 Å². The van der Waals surface area contributed by atoms with Gasteiger partial charge in [-0.25, -0.2) is 18.2 Å². The van der Waals surface area contributed by atoms with Crippen LogP contribution in [0.5, 0.6) is 0 Å². The number of nitrogens with one attached hydrogen (secondary N) is 1. The first kappa shape index (κ1) is 21.1. The van der Waals surface area contributed by atoms with Crippen molar-refractivity contribution >= 4 is 50.9 Å². The van der Waals surface area contributed by atoms with Crippen LogP contribution in [-0.4, -0.2) is 28.2 Å². The molecule has 152 valence electrons. The van der Waals surface area contributed by atoms with Gasteiger partial charge in [0.1, 0.15) is 11.3 Å². The number of nitrogens with zero attached hydrogens (tertiary/aromatic N) is 1. The van der Waals surface area contributed by atoms with Gasteiger partial charge in [0, 0.05) is 23.8 Å². The van der Waals surface area contributed by atoms with Crippen molar-refractivity contribution in [3.05, 3.63) is 52.8 Å². The minimum Gasteiger partial charge on any atom is -0.481 e. The van der Waals surface area contributed by atoms with Crippen molar-refractivity contribution in [3.8, 4) is 0 Å². The van der Waals surface area contributed by atoms with E-state index < -0.39 is 40.8 Å². The van der Waals surface area contributed by atoms with Crippen molar-refractivity contribution in [2.24, 2.45) is 5.92 Å². The molecule has 0 fully saturated rings. The number of para-hydroxylation sites is 1. The molecule has 1 atom stereocenters. The van der Waals surface area contributed by atoms with E-state index in [1.54, 1.807) is 12.1 Å². The monoisotopic (exact) mass is 440 g/mol. The minimum absolute atomic E-state index is 0.105. The second kappa shape index (κ2) is 8.83. The topological polar surface area (TPSA) is 79.3 Å². The van der Waals surface area contributed by atoms with Crippen molar-refractivity contribution in [1.29, 1.82) is 0 Å². The number of aromatic nitrogens is 1. The van der Waals surface area contributed by atoms with E-state index in [4.69, 9.17) is 0 Å². The van der Waals surface area contributed by atoms with E-state index in [0.717, 1.165) is 16.2 Å². The number of carbonyl (C=O) groups is 2. The molecule has 5 nitrogen and oxygen atoms in total. The number of hydrogen-bond donors (Lipinski definition) is 2. The number of aliphatic carboxylic acids is 1. The van der Waals surface area contributed by atoms with Crippen molar-refractivity contribution < 1.29 is 27.9 Å². The van der Waals surface area contributed by atoms with Crippen LogP contribution in [0.3, 0.4) is 0 Å². The van der Waals surface area contributed by atoms with Crippen LogP contribution in [0.1, 0.15) is 11.4 Å². The van der Waals surface area contributed by atoms with Gasteiger partial charge >= 0.3 is 5.97 Å². The number of benzene rings is 2. The fourth-order valence-electron chi connectivity index (χ4n) is 2.75. The fourth-order valence-corrected chi connectivity index (χ4v) is 4.35. The second-order valence-electron chi connectivity index (χ2n) is 6.13. The molecular formula is C19H15F3N2O3S2. The van der Waals surface area contributed by atoms with Gasteiger partial charge in [0.15, 0.2) is 11.6 Å². The Hall–Kier alpha value is -2.59. The molecule has 3 aromatic rings. The molecule has 1 aromatic heterocycles. The zero-order valence-corrected chi connectivity index (χ0v) is 16.7. The molecular weight excluding hydrogens is 425 g/mol. The molecule has 0 aliphatic heterocycles. The highest BCUT2D eigenvalue weighted by Gasteiger charge is 2.25. The number of carboxylic acids is 1. The van der Waals surface area contributed by atoms with Crippen molar-refractivity contribution in [1.82, 2.24) is 4.98 Å². The Morgan fingerprint density at radius 3 is 2.66 bits per heavy atom. The van der Waals surface area contributed by atoms with Gasteiger partial charge in [-0.2, -0.15) is 0 Å². The molecule has 0 spiro atoms. The van der Waals surface area contributed by atoms with Crippen LogP contribution >= 0.6 is 23.1 Å². The third kappa shape index (κ3) is 4.70. The summed E-state index contributed by atoms with van der Waals surface area (Å²) in [5.74, 6) is -6.54. The summed E-state index contributed by atoms with van der Waals surface area (Å²) in [4.78, 5) is 28.6. The summed E-state index contributed by atoms with van der Waals surface area (Å²) in [7, 11) is 0. The Labute approximate surface area is 172 Å². The Bertz CT molecular complexity index is 1090. The van der Waals surface area contributed by atoms with E-state index in [2.05, 4.69) is 10.3 Å². The number of rotatable bonds is 7. The minimum atomic E-state index is -1.37. The van der Waals surface area contributed by atoms with Crippen LogP contribution in [0.25, 0.3) is 10.2 Å². The van der Waals surface area contributed by atoms with E-state index in [1.165, 1.54) is 11.8 Å². The molecule has 0 saturated heterocycles. The second-order valence-corrected chi connectivity index (χ2v) is 8.06. The first-order valence-electron chi connectivity index (χ1n) is 8.38. The van der Waals surface area contributed by atoms with E-state index in [0.29, 0.717) is 11.8 Å². The smallest absolute Gasteiger partial charge is 0.307 e. The highest BCUT2D eigenvalue weighted by atomic mass is 32.2. The van der Waals surface area contributed by atoms with Gasteiger partial charge in [-0.1, -0.05) is 12.1 Å². The van der Waals surface area contributed by atoms with Crippen LogP contribution in [-0.2, 0) is 16.0 Å². The molecule has 0 bridgehead atoms. The number of halogens is 3. The largest absolute Gasteiger partial charge is 0.481 e. The van der Waals surface area contributed by atoms with Gasteiger partial charge in [-0.3, -0.25) is 9.59 Å². The summed E-state index contributed by atoms with van der Waals surface area (Å²) in [6.45, 7) is 0. The predicted molar refractivity (Wildman–Crippen MR) is 106 cm³/mol. The standard InChI is InChI=1S/C19H15F3N2O3S2/c1-28-13-5-3-2-4-12(13)23-14(25)6-9(19(26)27)7-15-24-17-16(22)10(20)8-11(21)18(17)29-15/h2-5,8-9H,6-7H2,1H3,(H,23,25)(H,26,27). The maximum Gasteiger partial charge on any atom is 0.307 e. The van der Waals surface area contributed by atoms with E-state index in [-0.39, 0.29) is 22.5 Å². The van der Waals surface area contributed by atoms with Gasteiger partial charge < -0.3 is 10.4 Å². The average molecular weight is 440 g/mol. The lowest BCUT2D eigenvalue weighted by Gasteiger charge is -2.13. The highest BCUT2D eigenvalue weighted by molar-refractivity contribution is 7.98. The zero-order chi connectivity index (χ0) is 21.1. The van der Waals surface area contributed by atoms with Crippen LogP contribution in [0.2, 0.25) is 0 Å². The molecule has 10 heteroatoms. The molecule has 2 N–H and O–H groups in total. The van der Waals surface area contributed by atoms with Gasteiger partial charge in [-0.05, 0) is 18.4 Å². The Morgan fingerprint density at radius 2 is 1.97 bits per heavy atom. The lowest BCUT2D eigenvalue weighted by molar-refractivity contribution is -0.143. The van der Waals surface area contributed by atoms with Gasteiger partial charge in [0.2, 0.25) is 5.91 Å². The van der Waals surface area contributed by atoms with E-state index >= 15 is 0 Å². The molecule has 1 heterocycles. The zero-order valence-electron chi connectivity index (χ0n) is 15.0. The Kier molecular flexibility index (Phi) is 6.43. The third-order valence-electron chi connectivity index (χ3n) is 4.14. The summed E-state index contributed by atoms with van der Waals surface area (Å²) >= 11 is 2.17. The number of hydrogen-bond acceptors (Lipinski definition) is 5. The molecule has 1 unspecified atom stereocenters. The molecule has 0 aliphatic rings. The molecule has 1 amide bonds. The van der Waals surface area contributed by atoms with Gasteiger partial charge in [0.05, 0.1) is 21.3 Å². The predicted octanol–water partition coefficient (Wildman–Crippen LogP) is 4.71. The molecule has 0 radical (unpaired) electrons. The summed E-state index contributed by atoms with van der Waals surface area (Å²) in [5, 5.41) is 12.2. The first-order chi connectivity index (χ1) is 13.8. The molecule has 0 aliphatic carbocycles. The molecule has 29 heavy (non-hydrogen) atoms. The fraction of sp³-hybridized carbons (Fsp3) is 0.211. The average Bonchev–Trinajstić information content (AvgIpc) is 3.10. The number of amides is 1. The van der Waals surface area contributed by atoms with E-state index in [9.17, 15) is 27.9 Å². The number of anilines is 1. The van der Waals surface area contributed by atoms with Gasteiger partial charge in [-0.15, -0.1) is 23.1 Å². The highest BCUT2D eigenvalue weighted by Crippen LogP contribution is 2.31. The summed E-state index contributed by atoms with van der Waals surface area (Å²) < 4.78 is 40.8. The lowest BCUT2D eigenvalue weighted by Crippen LogP contribution is -2.24. The Balaban J connectivity index is 1.78. The SMILES string of the molecule is CSc1ccccc1NC(=O)CC(Cc1nc2c(F)c(F)cc(F)c2s1)C(=O)O. The van der Waals surface area contributed by atoms with Crippen molar-refractivity contribution in [3.63, 3.8) is 0 Å². The van der Waals surface area contributed by atoms with Crippen LogP contribution < -0.4 is 5.32 Å². The molecule has 0 saturated carbocycles. The van der Waals surface area contributed by atoms with Crippen LogP contribution in [0.15, 0.2) is 35.2 Å². The summed E-state index contributed by atoms with van der Waals surface area (Å²) in [5.41, 5.74) is 0.0822. The summed E-state index contributed by atoms with van der Waals surface area (Å²) in [6, 6.07) is 7.50. The molecule has 3 rings (SSSR count). The number of carboxylic acid groups (broad SMARTS) is 1. The lowest BCUT2D eigenvalue weighted by atomic mass is 10.0. The van der Waals surface area contributed by atoms with Crippen molar-refractivity contribution in [2.45, 2.75) is 17.7 Å². The summed E-state index contributed by atoms with van der Waals surface area (Å²) in [6.07, 6.45) is 1.28. The molecule has 2 aromatic carbocycles. The number of carbonyl (C=O) groups excluding carboxylic acids is 1. The first-order valence-corrected chi connectivity index (χ1v) is 10.4. The number of thioether (sulfide) groups is 1. The Morgan fingerprint density at radius 1 is 1.24 bits per heavy atom. The van der Waals surface area contributed by atoms with Gasteiger partial charge in [0.25, 0.3) is 0 Å². The maximum absolute atomic E-state index is 13.8. The number of fused-ring (bicyclic) bond motifs is 1.